The Labute approximate surface area is 258 Å². The molecule has 4 aromatic carbocycles. The quantitative estimate of drug-likeness (QED) is 0.172. The van der Waals surface area contributed by atoms with Gasteiger partial charge in [0, 0.05) is 16.5 Å². The van der Waals surface area contributed by atoms with Gasteiger partial charge in [0.05, 0.1) is 22.6 Å². The molecule has 0 aromatic heterocycles. The minimum atomic E-state index is -1.15. The van der Waals surface area contributed by atoms with E-state index in [1.165, 1.54) is 11.1 Å². The topological polar surface area (TPSA) is 37.4 Å². The number of para-hydroxylation sites is 2. The zero-order valence-corrected chi connectivity index (χ0v) is 26.5. The molecule has 4 aromatic rings. The third-order valence-electron chi connectivity index (χ3n) is 9.00. The molecular weight excluding hydrogens is 552 g/mol. The maximum Gasteiger partial charge on any atom is 0.197 e. The lowest BCUT2D eigenvalue weighted by molar-refractivity contribution is 0.0990. The molecule has 0 unspecified atom stereocenters. The predicted molar refractivity (Wildman–Crippen MR) is 174 cm³/mol. The highest BCUT2D eigenvalue weighted by molar-refractivity contribution is 6.41. The fourth-order valence-electron chi connectivity index (χ4n) is 6.69. The average molecular weight is 590 g/mol. The maximum atomic E-state index is 14.1. The summed E-state index contributed by atoms with van der Waals surface area (Å²) >= 11 is 0. The number of anilines is 3. The minimum absolute atomic E-state index is 0.0847. The van der Waals surface area contributed by atoms with Crippen LogP contribution in [0.5, 0.6) is 0 Å². The number of hydrogen-bond donors (Lipinski definition) is 0. The molecule has 0 fully saturated rings. The van der Waals surface area contributed by atoms with Gasteiger partial charge in [0.15, 0.2) is 23.2 Å². The summed E-state index contributed by atoms with van der Waals surface area (Å²) in [5.74, 6) is -3.48. The molecule has 3 nitrogen and oxygen atoms in total. The molecule has 0 bridgehead atoms. The van der Waals surface area contributed by atoms with Crippen LogP contribution in [0, 0.1) is 11.6 Å². The first-order valence-corrected chi connectivity index (χ1v) is 15.0. The highest BCUT2D eigenvalue weighted by atomic mass is 19.2. The van der Waals surface area contributed by atoms with Crippen molar-refractivity contribution in [1.29, 1.82) is 0 Å². The first-order valence-electron chi connectivity index (χ1n) is 15.0. The number of nitrogens with zero attached hydrogens (tertiary/aromatic N) is 1. The van der Waals surface area contributed by atoms with Gasteiger partial charge in [-0.2, -0.15) is 0 Å². The van der Waals surface area contributed by atoms with Crippen LogP contribution in [-0.2, 0) is 16.2 Å². The van der Waals surface area contributed by atoms with Crippen LogP contribution < -0.4 is 4.90 Å². The van der Waals surface area contributed by atoms with E-state index in [0.717, 1.165) is 45.9 Å². The molecule has 0 atom stereocenters. The van der Waals surface area contributed by atoms with E-state index in [1.807, 2.05) is 0 Å². The van der Waals surface area contributed by atoms with E-state index in [9.17, 15) is 18.4 Å². The Hall–Kier alpha value is -4.38. The van der Waals surface area contributed by atoms with Crippen molar-refractivity contribution in [2.24, 2.45) is 0 Å². The fraction of sp³-hybridized carbons (Fsp3) is 0.282. The molecule has 1 aliphatic heterocycles. The maximum absolute atomic E-state index is 14.1. The van der Waals surface area contributed by atoms with Crippen LogP contribution >= 0.6 is 0 Å². The molecular formula is C39H37F2NO2. The van der Waals surface area contributed by atoms with Crippen molar-refractivity contribution < 1.29 is 18.4 Å². The second-order valence-electron chi connectivity index (χ2n) is 14.5. The predicted octanol–water partition coefficient (Wildman–Crippen LogP) is 10.1. The molecule has 0 saturated heterocycles. The number of benzene rings is 4. The zero-order chi connectivity index (χ0) is 31.9. The summed E-state index contributed by atoms with van der Waals surface area (Å²) in [5.41, 5.74) is 7.20. The van der Waals surface area contributed by atoms with Crippen LogP contribution in [0.15, 0.2) is 78.4 Å². The Morgan fingerprint density at radius 3 is 1.55 bits per heavy atom. The number of fused-ring (bicyclic) bond motifs is 3. The van der Waals surface area contributed by atoms with Crippen LogP contribution in [0.4, 0.5) is 25.8 Å². The number of halogens is 2. The molecule has 0 spiro atoms. The van der Waals surface area contributed by atoms with Gasteiger partial charge >= 0.3 is 0 Å². The molecule has 6 rings (SSSR count). The molecule has 1 aliphatic carbocycles. The number of rotatable bonds is 2. The molecule has 0 radical (unpaired) electrons. The van der Waals surface area contributed by atoms with Gasteiger partial charge in [0.2, 0.25) is 0 Å². The van der Waals surface area contributed by atoms with E-state index in [0.29, 0.717) is 0 Å². The molecule has 0 saturated carbocycles. The highest BCUT2D eigenvalue weighted by Gasteiger charge is 2.39. The van der Waals surface area contributed by atoms with Gasteiger partial charge in [-0.3, -0.25) is 9.59 Å². The average Bonchev–Trinajstić information content (AvgIpc) is 3.16. The van der Waals surface area contributed by atoms with Crippen molar-refractivity contribution in [3.63, 3.8) is 0 Å². The summed E-state index contributed by atoms with van der Waals surface area (Å²) in [4.78, 5) is 29.1. The largest absolute Gasteiger partial charge is 0.310 e. The number of carbonyl (C=O) groups excluding carboxylic acids is 2. The number of allylic oxidation sites excluding steroid dienone is 1. The van der Waals surface area contributed by atoms with Crippen molar-refractivity contribution in [2.75, 3.05) is 4.90 Å². The third kappa shape index (κ3) is 4.52. The van der Waals surface area contributed by atoms with E-state index in [1.54, 1.807) is 6.08 Å². The lowest BCUT2D eigenvalue weighted by Gasteiger charge is -2.44. The summed E-state index contributed by atoms with van der Waals surface area (Å²) in [7, 11) is 0. The van der Waals surface area contributed by atoms with E-state index in [-0.39, 0.29) is 32.9 Å². The SMILES string of the molecule is CC(C)(C)c1cc(N2c3ccccc3C(C)(C)c3ccccc32)c(C(C)(C)C)cc1C=C1C(=O)c2cc(F)c(F)cc2C1=O. The summed E-state index contributed by atoms with van der Waals surface area (Å²) in [6.45, 7) is 17.3. The molecule has 0 N–H and O–H groups in total. The first-order chi connectivity index (χ1) is 20.5. The van der Waals surface area contributed by atoms with Gasteiger partial charge in [-0.15, -0.1) is 0 Å². The van der Waals surface area contributed by atoms with Crippen LogP contribution in [0.25, 0.3) is 6.08 Å². The van der Waals surface area contributed by atoms with E-state index < -0.39 is 23.2 Å². The van der Waals surface area contributed by atoms with E-state index in [2.05, 4.69) is 121 Å². The molecule has 5 heteroatoms. The first kappa shape index (κ1) is 29.7. The van der Waals surface area contributed by atoms with Crippen molar-refractivity contribution >= 4 is 34.7 Å². The Kier molecular flexibility index (Phi) is 6.62. The summed E-state index contributed by atoms with van der Waals surface area (Å²) in [6.07, 6.45) is 1.61. The molecule has 2 aliphatic rings. The lowest BCUT2D eigenvalue weighted by atomic mass is 9.72. The van der Waals surface area contributed by atoms with Gasteiger partial charge < -0.3 is 4.90 Å². The lowest BCUT2D eigenvalue weighted by Crippen LogP contribution is -2.32. The Morgan fingerprint density at radius 2 is 1.09 bits per heavy atom. The van der Waals surface area contributed by atoms with Gasteiger partial charge in [-0.25, -0.2) is 8.78 Å². The number of ketones is 2. The fourth-order valence-corrected chi connectivity index (χ4v) is 6.69. The molecule has 1 heterocycles. The summed E-state index contributed by atoms with van der Waals surface area (Å²) in [6, 6.07) is 22.9. The Morgan fingerprint density at radius 1 is 0.636 bits per heavy atom. The van der Waals surface area contributed by atoms with Gasteiger partial charge in [-0.05, 0) is 81.1 Å². The smallest absolute Gasteiger partial charge is 0.197 e. The van der Waals surface area contributed by atoms with Crippen molar-refractivity contribution in [3.8, 4) is 0 Å². The minimum Gasteiger partial charge on any atom is -0.310 e. The molecule has 224 valence electrons. The van der Waals surface area contributed by atoms with Crippen LogP contribution in [-0.4, -0.2) is 11.6 Å². The Balaban J connectivity index is 1.64. The van der Waals surface area contributed by atoms with Gasteiger partial charge in [0.1, 0.15) is 0 Å². The second kappa shape index (κ2) is 9.82. The molecule has 0 amide bonds. The normalized spacial score (nSPS) is 15.7. The van der Waals surface area contributed by atoms with E-state index in [4.69, 9.17) is 0 Å². The van der Waals surface area contributed by atoms with E-state index >= 15 is 0 Å². The number of hydrogen-bond acceptors (Lipinski definition) is 3. The second-order valence-corrected chi connectivity index (χ2v) is 14.5. The number of carbonyl (C=O) groups is 2. The van der Waals surface area contributed by atoms with Crippen LogP contribution in [0.2, 0.25) is 0 Å². The van der Waals surface area contributed by atoms with Crippen molar-refractivity contribution in [1.82, 2.24) is 0 Å². The van der Waals surface area contributed by atoms with Crippen LogP contribution in [0.3, 0.4) is 0 Å². The van der Waals surface area contributed by atoms with Crippen molar-refractivity contribution in [3.05, 3.63) is 129 Å². The highest BCUT2D eigenvalue weighted by Crippen LogP contribution is 2.54. The van der Waals surface area contributed by atoms with Gasteiger partial charge in [-0.1, -0.05) is 91.8 Å². The third-order valence-corrected chi connectivity index (χ3v) is 9.00. The van der Waals surface area contributed by atoms with Crippen LogP contribution in [0.1, 0.15) is 104 Å². The number of Topliss-reactive ketones (excluding diaryl/α,β-unsaturated/α-hetero) is 2. The van der Waals surface area contributed by atoms with Gasteiger partial charge in [0.25, 0.3) is 0 Å². The standard InChI is InChI=1S/C39H37F2NO2/c1-37(2,3)28-21-34(42-32-15-11-9-13-26(32)39(7,8)27-14-10-12-16-33(27)42)29(38(4,5)6)18-22(28)17-25-35(43)23-19-30(40)31(41)20-24(23)36(25)44/h9-21H,1-8H3. The van der Waals surface area contributed by atoms with Crippen molar-refractivity contribution in [2.45, 2.75) is 71.6 Å². The summed E-state index contributed by atoms with van der Waals surface area (Å²) in [5, 5.41) is 0. The molecule has 44 heavy (non-hydrogen) atoms. The monoisotopic (exact) mass is 589 g/mol. The zero-order valence-electron chi connectivity index (χ0n) is 26.5. The Bertz CT molecular complexity index is 1830. The summed E-state index contributed by atoms with van der Waals surface area (Å²) < 4.78 is 28.1.